The molecule has 0 aliphatic carbocycles. The Balaban J connectivity index is 1.71. The van der Waals surface area contributed by atoms with Crippen molar-refractivity contribution < 1.29 is 13.2 Å². The van der Waals surface area contributed by atoms with Crippen LogP contribution >= 0.6 is 0 Å². The molecule has 1 amide bonds. The van der Waals surface area contributed by atoms with E-state index in [1.165, 1.54) is 4.31 Å². The summed E-state index contributed by atoms with van der Waals surface area (Å²) in [7, 11) is -1.85. The monoisotopic (exact) mass is 366 g/mol. The molecule has 2 aromatic rings. The minimum absolute atomic E-state index is 0.173. The molecular weight excluding hydrogens is 344 g/mol. The predicted molar refractivity (Wildman–Crippen MR) is 90.5 cm³/mol. The summed E-state index contributed by atoms with van der Waals surface area (Å²) >= 11 is 0. The zero-order valence-electron chi connectivity index (χ0n) is 14.6. The second-order valence-electron chi connectivity index (χ2n) is 6.01. The second kappa shape index (κ2) is 6.60. The summed E-state index contributed by atoms with van der Waals surface area (Å²) in [5.74, 6) is -0.173. The highest BCUT2D eigenvalue weighted by atomic mass is 32.2. The molecule has 10 heteroatoms. The molecule has 2 aromatic heterocycles. The first-order valence-electron chi connectivity index (χ1n) is 8.16. The molecule has 25 heavy (non-hydrogen) atoms. The van der Waals surface area contributed by atoms with Crippen LogP contribution in [-0.4, -0.2) is 69.3 Å². The van der Waals surface area contributed by atoms with Crippen LogP contribution in [0.3, 0.4) is 0 Å². The fourth-order valence-electron chi connectivity index (χ4n) is 2.88. The maximum absolute atomic E-state index is 12.8. The van der Waals surface area contributed by atoms with E-state index in [1.54, 1.807) is 46.7 Å². The number of hydrogen-bond acceptors (Lipinski definition) is 5. The van der Waals surface area contributed by atoms with Crippen LogP contribution in [0.15, 0.2) is 23.4 Å². The molecule has 3 rings (SSSR count). The highest BCUT2D eigenvalue weighted by Gasteiger charge is 2.32. The first-order valence-corrected chi connectivity index (χ1v) is 9.60. The van der Waals surface area contributed by atoms with Gasteiger partial charge >= 0.3 is 0 Å². The van der Waals surface area contributed by atoms with E-state index in [0.717, 1.165) is 0 Å². The molecule has 1 saturated heterocycles. The molecule has 1 fully saturated rings. The maximum Gasteiger partial charge on any atom is 0.274 e. The summed E-state index contributed by atoms with van der Waals surface area (Å²) in [6.07, 6.45) is 3.28. The molecule has 0 bridgehead atoms. The first-order chi connectivity index (χ1) is 11.8. The highest BCUT2D eigenvalue weighted by molar-refractivity contribution is 7.89. The van der Waals surface area contributed by atoms with Crippen LogP contribution in [0.5, 0.6) is 0 Å². The van der Waals surface area contributed by atoms with Gasteiger partial charge in [-0.3, -0.25) is 14.2 Å². The number of piperazine rings is 1. The fourth-order valence-corrected chi connectivity index (χ4v) is 4.47. The van der Waals surface area contributed by atoms with Crippen LogP contribution in [0.1, 0.15) is 23.1 Å². The molecule has 1 aliphatic rings. The SMILES string of the molecule is CCn1cc(S(=O)(=O)N2CCN(C(=O)c3ccn(C)n3)CC2)c(C)n1. The molecule has 0 unspecified atom stereocenters. The average Bonchev–Trinajstić information content (AvgIpc) is 3.20. The number of rotatable bonds is 4. The van der Waals surface area contributed by atoms with Gasteiger partial charge in [-0.25, -0.2) is 8.42 Å². The van der Waals surface area contributed by atoms with Gasteiger partial charge in [-0.2, -0.15) is 14.5 Å². The fraction of sp³-hybridized carbons (Fsp3) is 0.533. The third kappa shape index (κ3) is 3.31. The van der Waals surface area contributed by atoms with E-state index in [0.29, 0.717) is 31.0 Å². The van der Waals surface area contributed by atoms with E-state index >= 15 is 0 Å². The van der Waals surface area contributed by atoms with Crippen molar-refractivity contribution in [1.29, 1.82) is 0 Å². The lowest BCUT2D eigenvalue weighted by Crippen LogP contribution is -2.50. The van der Waals surface area contributed by atoms with Gasteiger partial charge in [0.1, 0.15) is 10.6 Å². The number of hydrogen-bond donors (Lipinski definition) is 0. The largest absolute Gasteiger partial charge is 0.335 e. The van der Waals surface area contributed by atoms with E-state index < -0.39 is 10.0 Å². The lowest BCUT2D eigenvalue weighted by molar-refractivity contribution is 0.0691. The number of aryl methyl sites for hydroxylation is 3. The average molecular weight is 366 g/mol. The maximum atomic E-state index is 12.8. The van der Waals surface area contributed by atoms with Crippen LogP contribution in [-0.2, 0) is 23.6 Å². The molecule has 0 saturated carbocycles. The van der Waals surface area contributed by atoms with Crippen molar-refractivity contribution in [2.75, 3.05) is 26.2 Å². The summed E-state index contributed by atoms with van der Waals surface area (Å²) in [5, 5.41) is 8.32. The van der Waals surface area contributed by atoms with Gasteiger partial charge in [0.2, 0.25) is 10.0 Å². The highest BCUT2D eigenvalue weighted by Crippen LogP contribution is 2.21. The topological polar surface area (TPSA) is 93.3 Å². The van der Waals surface area contributed by atoms with Crippen LogP contribution in [0.2, 0.25) is 0 Å². The molecule has 0 aromatic carbocycles. The number of carbonyl (C=O) groups excluding carboxylic acids is 1. The zero-order valence-corrected chi connectivity index (χ0v) is 15.4. The first kappa shape index (κ1) is 17.6. The van der Waals surface area contributed by atoms with Gasteiger partial charge in [-0.15, -0.1) is 0 Å². The number of carbonyl (C=O) groups is 1. The number of nitrogens with zero attached hydrogens (tertiary/aromatic N) is 6. The minimum atomic E-state index is -3.60. The van der Waals surface area contributed by atoms with Crippen molar-refractivity contribution in [3.8, 4) is 0 Å². The Kier molecular flexibility index (Phi) is 4.65. The molecule has 0 atom stereocenters. The molecule has 136 valence electrons. The van der Waals surface area contributed by atoms with Crippen molar-refractivity contribution in [3.05, 3.63) is 29.8 Å². The number of aromatic nitrogens is 4. The zero-order chi connectivity index (χ0) is 18.2. The lowest BCUT2D eigenvalue weighted by Gasteiger charge is -2.33. The third-order valence-electron chi connectivity index (χ3n) is 4.30. The van der Waals surface area contributed by atoms with Crippen molar-refractivity contribution in [1.82, 2.24) is 28.8 Å². The minimum Gasteiger partial charge on any atom is -0.335 e. The van der Waals surface area contributed by atoms with Crippen molar-refractivity contribution >= 4 is 15.9 Å². The Labute approximate surface area is 146 Å². The Bertz CT molecular complexity index is 877. The molecule has 0 spiro atoms. The summed E-state index contributed by atoms with van der Waals surface area (Å²) in [6, 6.07) is 1.66. The van der Waals surface area contributed by atoms with E-state index in [9.17, 15) is 13.2 Å². The van der Waals surface area contributed by atoms with Crippen LogP contribution in [0.4, 0.5) is 0 Å². The van der Waals surface area contributed by atoms with Gasteiger partial charge < -0.3 is 4.90 Å². The van der Waals surface area contributed by atoms with E-state index in [1.807, 2.05) is 6.92 Å². The van der Waals surface area contributed by atoms with Gasteiger partial charge in [0.05, 0.1) is 5.69 Å². The van der Waals surface area contributed by atoms with Gasteiger partial charge in [0, 0.05) is 52.2 Å². The van der Waals surface area contributed by atoms with Gasteiger partial charge in [0.25, 0.3) is 5.91 Å². The summed E-state index contributed by atoms with van der Waals surface area (Å²) < 4.78 is 30.3. The third-order valence-corrected chi connectivity index (χ3v) is 6.30. The molecular formula is C15H22N6O3S. The van der Waals surface area contributed by atoms with Crippen molar-refractivity contribution in [2.45, 2.75) is 25.3 Å². The molecule has 3 heterocycles. The standard InChI is InChI=1S/C15H22N6O3S/c1-4-20-11-14(12(2)16-20)25(23,24)21-9-7-19(8-10-21)15(22)13-5-6-18(3)17-13/h5-6,11H,4,7-10H2,1-3H3. The van der Waals surface area contributed by atoms with Gasteiger partial charge in [-0.05, 0) is 19.9 Å². The summed E-state index contributed by atoms with van der Waals surface area (Å²) in [5.41, 5.74) is 0.868. The van der Waals surface area contributed by atoms with Gasteiger partial charge in [0.15, 0.2) is 0 Å². The molecule has 1 aliphatic heterocycles. The number of sulfonamides is 1. The Morgan fingerprint density at radius 3 is 2.40 bits per heavy atom. The Morgan fingerprint density at radius 1 is 1.20 bits per heavy atom. The van der Waals surface area contributed by atoms with E-state index in [2.05, 4.69) is 10.2 Å². The normalized spacial score (nSPS) is 16.4. The van der Waals surface area contributed by atoms with Crippen molar-refractivity contribution in [2.24, 2.45) is 7.05 Å². The lowest BCUT2D eigenvalue weighted by atomic mass is 10.3. The Hall–Kier alpha value is -2.20. The molecule has 0 N–H and O–H groups in total. The predicted octanol–water partition coefficient (Wildman–Crippen LogP) is 0.0916. The van der Waals surface area contributed by atoms with E-state index in [-0.39, 0.29) is 23.9 Å². The van der Waals surface area contributed by atoms with Crippen LogP contribution in [0, 0.1) is 6.92 Å². The number of amides is 1. The van der Waals surface area contributed by atoms with Crippen LogP contribution in [0.25, 0.3) is 0 Å². The Morgan fingerprint density at radius 2 is 1.88 bits per heavy atom. The smallest absolute Gasteiger partial charge is 0.274 e. The summed E-state index contributed by atoms with van der Waals surface area (Å²) in [6.45, 7) is 5.42. The van der Waals surface area contributed by atoms with E-state index in [4.69, 9.17) is 0 Å². The van der Waals surface area contributed by atoms with Gasteiger partial charge in [-0.1, -0.05) is 0 Å². The van der Waals surface area contributed by atoms with Crippen LogP contribution < -0.4 is 0 Å². The quantitative estimate of drug-likeness (QED) is 0.765. The second-order valence-corrected chi connectivity index (χ2v) is 7.91. The molecule has 9 nitrogen and oxygen atoms in total. The summed E-state index contributed by atoms with van der Waals surface area (Å²) in [4.78, 5) is 14.3. The molecule has 0 radical (unpaired) electrons. The van der Waals surface area contributed by atoms with Crippen molar-refractivity contribution in [3.63, 3.8) is 0 Å².